The van der Waals surface area contributed by atoms with Crippen LogP contribution in [0.15, 0.2) is 29.4 Å². The van der Waals surface area contributed by atoms with Crippen LogP contribution in [0.2, 0.25) is 0 Å². The molecule has 2 fully saturated rings. The molecule has 2 heterocycles. The Labute approximate surface area is 116 Å². The van der Waals surface area contributed by atoms with Gasteiger partial charge in [-0.2, -0.15) is 0 Å². The molecule has 0 aromatic heterocycles. The van der Waals surface area contributed by atoms with Crippen molar-refractivity contribution in [2.24, 2.45) is 4.99 Å². The minimum atomic E-state index is 0.492. The number of nitrogens with zero attached hydrogens (tertiary/aromatic N) is 3. The Morgan fingerprint density at radius 2 is 2.05 bits per heavy atom. The van der Waals surface area contributed by atoms with E-state index in [-0.39, 0.29) is 0 Å². The van der Waals surface area contributed by atoms with Gasteiger partial charge in [0.25, 0.3) is 0 Å². The van der Waals surface area contributed by atoms with Crippen LogP contribution in [0.5, 0.6) is 0 Å². The van der Waals surface area contributed by atoms with Gasteiger partial charge in [0, 0.05) is 51.5 Å². The van der Waals surface area contributed by atoms with Gasteiger partial charge >= 0.3 is 0 Å². The molecule has 0 saturated carbocycles. The van der Waals surface area contributed by atoms with E-state index in [1.807, 2.05) is 12.3 Å². The molecule has 1 atom stereocenters. The predicted molar refractivity (Wildman–Crippen MR) is 81.7 cm³/mol. The normalized spacial score (nSPS) is 26.5. The van der Waals surface area contributed by atoms with E-state index in [9.17, 15) is 0 Å². The molecule has 2 rings (SSSR count). The summed E-state index contributed by atoms with van der Waals surface area (Å²) in [7, 11) is 0. The van der Waals surface area contributed by atoms with Crippen molar-refractivity contribution >= 4 is 6.72 Å². The Hall–Kier alpha value is -0.970. The highest BCUT2D eigenvalue weighted by Crippen LogP contribution is 2.24. The third-order valence-electron chi connectivity index (χ3n) is 4.14. The van der Waals surface area contributed by atoms with Crippen LogP contribution in [0.3, 0.4) is 0 Å². The fraction of sp³-hybridized carbons (Fsp3) is 0.667. The maximum Gasteiger partial charge on any atom is 0.0364 e. The van der Waals surface area contributed by atoms with Crippen molar-refractivity contribution < 1.29 is 0 Å². The minimum Gasteiger partial charge on any atom is -0.314 e. The monoisotopic (exact) mass is 262 g/mol. The van der Waals surface area contributed by atoms with Gasteiger partial charge in [0.1, 0.15) is 0 Å². The second-order valence-electron chi connectivity index (χ2n) is 5.30. The zero-order valence-corrected chi connectivity index (χ0v) is 11.9. The van der Waals surface area contributed by atoms with E-state index in [2.05, 4.69) is 33.4 Å². The third kappa shape index (κ3) is 4.00. The summed E-state index contributed by atoms with van der Waals surface area (Å²) in [4.78, 5) is 9.03. The van der Waals surface area contributed by atoms with E-state index >= 15 is 0 Å². The lowest BCUT2D eigenvalue weighted by Crippen LogP contribution is -2.47. The second-order valence-corrected chi connectivity index (χ2v) is 5.30. The van der Waals surface area contributed by atoms with Crippen LogP contribution in [0, 0.1) is 0 Å². The summed E-state index contributed by atoms with van der Waals surface area (Å²) in [6.07, 6.45) is 6.28. The lowest BCUT2D eigenvalue weighted by molar-refractivity contribution is 0.190. The minimum absolute atomic E-state index is 0.492. The molecule has 0 bridgehead atoms. The van der Waals surface area contributed by atoms with E-state index in [4.69, 9.17) is 0 Å². The van der Waals surface area contributed by atoms with Crippen molar-refractivity contribution in [3.05, 3.63) is 24.4 Å². The average molecular weight is 262 g/mol. The molecule has 0 amide bonds. The molecule has 0 aliphatic carbocycles. The van der Waals surface area contributed by atoms with Crippen LogP contribution in [0.4, 0.5) is 0 Å². The number of hydrogen-bond acceptors (Lipinski definition) is 4. The number of likely N-dealkylation sites (tertiary alicyclic amines) is 1. The van der Waals surface area contributed by atoms with Crippen molar-refractivity contribution in [3.8, 4) is 0 Å². The zero-order valence-electron chi connectivity index (χ0n) is 11.9. The third-order valence-corrected chi connectivity index (χ3v) is 4.14. The van der Waals surface area contributed by atoms with E-state index in [0.717, 1.165) is 19.6 Å². The fourth-order valence-electron chi connectivity index (χ4n) is 3.06. The van der Waals surface area contributed by atoms with Crippen LogP contribution in [0.25, 0.3) is 0 Å². The van der Waals surface area contributed by atoms with Gasteiger partial charge in [-0.05, 0) is 31.7 Å². The maximum absolute atomic E-state index is 3.91. The van der Waals surface area contributed by atoms with Gasteiger partial charge in [0.2, 0.25) is 0 Å². The highest BCUT2D eigenvalue weighted by molar-refractivity contribution is 5.31. The van der Waals surface area contributed by atoms with E-state index in [1.54, 1.807) is 0 Å². The highest BCUT2D eigenvalue weighted by Gasteiger charge is 2.26. The predicted octanol–water partition coefficient (Wildman–Crippen LogP) is 1.13. The first kappa shape index (κ1) is 14.4. The van der Waals surface area contributed by atoms with Crippen molar-refractivity contribution in [1.82, 2.24) is 15.1 Å². The molecule has 2 saturated heterocycles. The second kappa shape index (κ2) is 7.58. The Bertz CT molecular complexity index is 331. The highest BCUT2D eigenvalue weighted by atomic mass is 15.2. The first-order valence-electron chi connectivity index (χ1n) is 7.30. The SMILES string of the molecule is C=C/C(=C\N=C)C1CCCN1CCN1CCNCC1. The summed E-state index contributed by atoms with van der Waals surface area (Å²) in [5, 5.41) is 3.40. The summed E-state index contributed by atoms with van der Waals surface area (Å²) < 4.78 is 0. The fourth-order valence-corrected chi connectivity index (χ4v) is 3.06. The number of aliphatic imine (C=N–C) groups is 1. The Morgan fingerprint density at radius 3 is 2.74 bits per heavy atom. The molecule has 0 aromatic carbocycles. The summed E-state index contributed by atoms with van der Waals surface area (Å²) in [6, 6.07) is 0.492. The summed E-state index contributed by atoms with van der Waals surface area (Å²) in [5.41, 5.74) is 1.22. The van der Waals surface area contributed by atoms with Crippen LogP contribution >= 0.6 is 0 Å². The van der Waals surface area contributed by atoms with Gasteiger partial charge in [-0.1, -0.05) is 12.7 Å². The smallest absolute Gasteiger partial charge is 0.0364 e. The molecule has 0 aromatic rings. The number of nitrogens with one attached hydrogen (secondary N) is 1. The number of rotatable bonds is 6. The van der Waals surface area contributed by atoms with Crippen molar-refractivity contribution in [2.45, 2.75) is 18.9 Å². The molecule has 0 radical (unpaired) electrons. The standard InChI is InChI=1S/C15H26N4/c1-3-14(13-16-2)15-5-4-8-19(15)12-11-18-9-6-17-7-10-18/h3,13,15,17H,1-2,4-12H2/b14-13+. The molecule has 1 N–H and O–H groups in total. The zero-order chi connectivity index (χ0) is 13.5. The first-order valence-corrected chi connectivity index (χ1v) is 7.30. The van der Waals surface area contributed by atoms with Crippen LogP contribution in [0.1, 0.15) is 12.8 Å². The van der Waals surface area contributed by atoms with Gasteiger partial charge in [0.15, 0.2) is 0 Å². The largest absolute Gasteiger partial charge is 0.314 e. The van der Waals surface area contributed by atoms with E-state index < -0.39 is 0 Å². The molecule has 4 nitrogen and oxygen atoms in total. The molecule has 1 unspecified atom stereocenters. The summed E-state index contributed by atoms with van der Waals surface area (Å²) in [6.45, 7) is 15.6. The van der Waals surface area contributed by atoms with E-state index in [0.29, 0.717) is 6.04 Å². The molecule has 2 aliphatic heterocycles. The molecule has 0 spiro atoms. The van der Waals surface area contributed by atoms with Crippen molar-refractivity contribution in [3.63, 3.8) is 0 Å². The summed E-state index contributed by atoms with van der Waals surface area (Å²) >= 11 is 0. The molecule has 106 valence electrons. The van der Waals surface area contributed by atoms with E-state index in [1.165, 1.54) is 44.6 Å². The molecule has 19 heavy (non-hydrogen) atoms. The average Bonchev–Trinajstić information content (AvgIpc) is 2.92. The Kier molecular flexibility index (Phi) is 5.76. The lowest BCUT2D eigenvalue weighted by atomic mass is 10.1. The molecular formula is C15H26N4. The Balaban J connectivity index is 1.85. The first-order chi connectivity index (χ1) is 9.35. The van der Waals surface area contributed by atoms with Gasteiger partial charge in [-0.25, -0.2) is 0 Å². The van der Waals surface area contributed by atoms with Gasteiger partial charge in [-0.15, -0.1) is 0 Å². The van der Waals surface area contributed by atoms with Gasteiger partial charge in [-0.3, -0.25) is 14.8 Å². The molecular weight excluding hydrogens is 236 g/mol. The van der Waals surface area contributed by atoms with Crippen LogP contribution < -0.4 is 5.32 Å². The number of hydrogen-bond donors (Lipinski definition) is 1. The van der Waals surface area contributed by atoms with Crippen molar-refractivity contribution in [1.29, 1.82) is 0 Å². The Morgan fingerprint density at radius 1 is 1.26 bits per heavy atom. The topological polar surface area (TPSA) is 30.9 Å². The maximum atomic E-state index is 3.91. The number of piperazine rings is 1. The quantitative estimate of drug-likeness (QED) is 0.575. The molecule has 2 aliphatic rings. The van der Waals surface area contributed by atoms with Crippen LogP contribution in [-0.2, 0) is 0 Å². The lowest BCUT2D eigenvalue weighted by Gasteiger charge is -2.31. The summed E-state index contributed by atoms with van der Waals surface area (Å²) in [5.74, 6) is 0. The van der Waals surface area contributed by atoms with Gasteiger partial charge in [0.05, 0.1) is 0 Å². The van der Waals surface area contributed by atoms with Crippen LogP contribution in [-0.4, -0.2) is 68.4 Å². The van der Waals surface area contributed by atoms with Crippen molar-refractivity contribution in [2.75, 3.05) is 45.8 Å². The molecule has 4 heteroatoms. The van der Waals surface area contributed by atoms with Gasteiger partial charge < -0.3 is 5.32 Å².